The molecule has 7 nitrogen and oxygen atoms in total. The molecule has 3 heterocycles. The Hall–Kier alpha value is -2.35. The number of methoxy groups -OCH3 is 1. The zero-order valence-corrected chi connectivity index (χ0v) is 17.4. The molecule has 154 valence electrons. The molecule has 0 bridgehead atoms. The van der Waals surface area contributed by atoms with E-state index in [2.05, 4.69) is 27.1 Å². The van der Waals surface area contributed by atoms with E-state index in [0.29, 0.717) is 46.2 Å². The minimum absolute atomic E-state index is 0.0557. The molecule has 0 unspecified atom stereocenters. The summed E-state index contributed by atoms with van der Waals surface area (Å²) < 4.78 is 11.1. The van der Waals surface area contributed by atoms with Crippen LogP contribution in [0.4, 0.5) is 6.01 Å². The van der Waals surface area contributed by atoms with E-state index in [1.54, 1.807) is 19.2 Å². The Bertz CT molecular complexity index is 1010. The Kier molecular flexibility index (Phi) is 5.89. The molecule has 1 aliphatic heterocycles. The van der Waals surface area contributed by atoms with Crippen LogP contribution in [0.1, 0.15) is 25.3 Å². The van der Waals surface area contributed by atoms with Gasteiger partial charge in [-0.15, -0.1) is 0 Å². The number of likely N-dealkylation sites (N-methyl/N-ethyl adjacent to an activating group) is 1. The molecule has 0 spiro atoms. The van der Waals surface area contributed by atoms with Crippen LogP contribution in [0.25, 0.3) is 22.5 Å². The SMILES string of the molecule is CCN1CCC[C@@H](Nc2nc3nc(-c4c(O)cc(Cl)cc4COC)ccc3o2)C1. The molecule has 2 aromatic heterocycles. The van der Waals surface area contributed by atoms with Crippen LogP contribution in [0.15, 0.2) is 28.7 Å². The van der Waals surface area contributed by atoms with E-state index in [-0.39, 0.29) is 5.75 Å². The van der Waals surface area contributed by atoms with Crippen LogP contribution in [0.5, 0.6) is 5.75 Å². The Morgan fingerprint density at radius 1 is 1.34 bits per heavy atom. The first-order chi connectivity index (χ1) is 14.1. The lowest BCUT2D eigenvalue weighted by molar-refractivity contribution is 0.185. The summed E-state index contributed by atoms with van der Waals surface area (Å²) in [6, 6.07) is 7.68. The Labute approximate surface area is 174 Å². The zero-order valence-electron chi connectivity index (χ0n) is 16.6. The van der Waals surface area contributed by atoms with Crippen molar-refractivity contribution < 1.29 is 14.3 Å². The van der Waals surface area contributed by atoms with E-state index < -0.39 is 0 Å². The maximum atomic E-state index is 10.5. The van der Waals surface area contributed by atoms with Gasteiger partial charge in [0.05, 0.1) is 12.3 Å². The summed E-state index contributed by atoms with van der Waals surface area (Å²) in [5.74, 6) is 0.0557. The molecule has 0 saturated carbocycles. The average Bonchev–Trinajstić information content (AvgIpc) is 3.09. The van der Waals surface area contributed by atoms with Crippen molar-refractivity contribution in [2.45, 2.75) is 32.4 Å². The molecule has 1 fully saturated rings. The van der Waals surface area contributed by atoms with Gasteiger partial charge in [-0.05, 0) is 55.8 Å². The van der Waals surface area contributed by atoms with Crippen molar-refractivity contribution in [2.75, 3.05) is 32.1 Å². The predicted molar refractivity (Wildman–Crippen MR) is 113 cm³/mol. The summed E-state index contributed by atoms with van der Waals surface area (Å²) in [4.78, 5) is 11.5. The first kappa shape index (κ1) is 19.9. The van der Waals surface area contributed by atoms with E-state index in [1.165, 1.54) is 6.07 Å². The van der Waals surface area contributed by atoms with Crippen LogP contribution < -0.4 is 5.32 Å². The summed E-state index contributed by atoms with van der Waals surface area (Å²) in [6.45, 7) is 5.65. The number of hydrogen-bond donors (Lipinski definition) is 2. The molecule has 1 atom stereocenters. The minimum atomic E-state index is 0.0557. The normalized spacial score (nSPS) is 17.7. The van der Waals surface area contributed by atoms with E-state index in [4.69, 9.17) is 20.8 Å². The Morgan fingerprint density at radius 2 is 2.21 bits per heavy atom. The number of fused-ring (bicyclic) bond motifs is 1. The van der Waals surface area contributed by atoms with Crippen LogP contribution in [0.3, 0.4) is 0 Å². The highest BCUT2D eigenvalue weighted by Gasteiger charge is 2.21. The van der Waals surface area contributed by atoms with Crippen molar-refractivity contribution in [3.8, 4) is 17.0 Å². The van der Waals surface area contributed by atoms with Gasteiger partial charge in [-0.3, -0.25) is 0 Å². The van der Waals surface area contributed by atoms with Gasteiger partial charge in [0.15, 0.2) is 5.58 Å². The maximum absolute atomic E-state index is 10.5. The number of ether oxygens (including phenoxy) is 1. The molecule has 29 heavy (non-hydrogen) atoms. The van der Waals surface area contributed by atoms with E-state index in [0.717, 1.165) is 38.0 Å². The van der Waals surface area contributed by atoms with Gasteiger partial charge in [0.2, 0.25) is 5.65 Å². The number of aromatic hydroxyl groups is 1. The number of rotatable bonds is 6. The highest BCUT2D eigenvalue weighted by molar-refractivity contribution is 6.31. The van der Waals surface area contributed by atoms with Gasteiger partial charge in [-0.2, -0.15) is 4.98 Å². The monoisotopic (exact) mass is 416 g/mol. The highest BCUT2D eigenvalue weighted by Crippen LogP contribution is 2.36. The third-order valence-corrected chi connectivity index (χ3v) is 5.47. The molecule has 1 saturated heterocycles. The number of anilines is 1. The lowest BCUT2D eigenvalue weighted by Crippen LogP contribution is -2.41. The van der Waals surface area contributed by atoms with Crippen molar-refractivity contribution in [1.29, 1.82) is 0 Å². The lowest BCUT2D eigenvalue weighted by Gasteiger charge is -2.31. The molecule has 4 rings (SSSR count). The molecular formula is C21H25ClN4O3. The van der Waals surface area contributed by atoms with Crippen LogP contribution in [0, 0.1) is 0 Å². The second-order valence-electron chi connectivity index (χ2n) is 7.31. The molecular weight excluding hydrogens is 392 g/mol. The summed E-state index contributed by atoms with van der Waals surface area (Å²) >= 11 is 6.08. The zero-order chi connectivity index (χ0) is 20.4. The van der Waals surface area contributed by atoms with Gasteiger partial charge in [0, 0.05) is 30.3 Å². The Balaban J connectivity index is 1.63. The number of hydrogen-bond acceptors (Lipinski definition) is 7. The third-order valence-electron chi connectivity index (χ3n) is 5.25. The number of likely N-dealkylation sites (tertiary alicyclic amines) is 1. The smallest absolute Gasteiger partial charge is 0.297 e. The average molecular weight is 417 g/mol. The van der Waals surface area contributed by atoms with Crippen molar-refractivity contribution in [3.05, 3.63) is 34.9 Å². The molecule has 1 aromatic carbocycles. The van der Waals surface area contributed by atoms with E-state index >= 15 is 0 Å². The first-order valence-electron chi connectivity index (χ1n) is 9.84. The van der Waals surface area contributed by atoms with Gasteiger partial charge in [0.1, 0.15) is 5.75 Å². The van der Waals surface area contributed by atoms with Crippen LogP contribution in [0.2, 0.25) is 5.02 Å². The largest absolute Gasteiger partial charge is 0.507 e. The number of pyridine rings is 1. The number of phenolic OH excluding ortho intramolecular Hbond substituents is 1. The molecule has 0 aliphatic carbocycles. The quantitative estimate of drug-likeness (QED) is 0.620. The van der Waals surface area contributed by atoms with Crippen molar-refractivity contribution in [3.63, 3.8) is 0 Å². The van der Waals surface area contributed by atoms with E-state index in [1.807, 2.05) is 6.07 Å². The van der Waals surface area contributed by atoms with Gasteiger partial charge < -0.3 is 24.5 Å². The summed E-state index contributed by atoms with van der Waals surface area (Å²) in [6.07, 6.45) is 2.25. The Morgan fingerprint density at radius 3 is 3.00 bits per heavy atom. The molecule has 3 aromatic rings. The number of phenols is 1. The second-order valence-corrected chi connectivity index (χ2v) is 7.74. The topological polar surface area (TPSA) is 83.7 Å². The predicted octanol–water partition coefficient (Wildman–Crippen LogP) is 4.29. The number of halogens is 1. The standard InChI is InChI=1S/C21H25ClN4O3/c1-3-26-8-4-5-15(11-26)23-21-25-20-18(29-21)7-6-16(24-20)19-13(12-28-2)9-14(22)10-17(19)27/h6-7,9-10,15,27H,3-5,8,11-12H2,1-2H3,(H,23,24,25)/t15-/m1/s1. The highest BCUT2D eigenvalue weighted by atomic mass is 35.5. The van der Waals surface area contributed by atoms with Gasteiger partial charge in [-0.25, -0.2) is 4.98 Å². The first-order valence-corrected chi connectivity index (χ1v) is 10.2. The van der Waals surface area contributed by atoms with Crippen LogP contribution in [-0.4, -0.2) is 52.8 Å². The number of benzene rings is 1. The molecule has 1 aliphatic rings. The maximum Gasteiger partial charge on any atom is 0.297 e. The van der Waals surface area contributed by atoms with Gasteiger partial charge in [-0.1, -0.05) is 18.5 Å². The molecule has 8 heteroatoms. The van der Waals surface area contributed by atoms with Crippen molar-refractivity contribution in [2.24, 2.45) is 0 Å². The number of piperidine rings is 1. The number of aromatic nitrogens is 2. The van der Waals surface area contributed by atoms with Crippen LogP contribution >= 0.6 is 11.6 Å². The molecule has 2 N–H and O–H groups in total. The minimum Gasteiger partial charge on any atom is -0.507 e. The molecule has 0 radical (unpaired) electrons. The van der Waals surface area contributed by atoms with E-state index in [9.17, 15) is 5.11 Å². The van der Waals surface area contributed by atoms with Crippen molar-refractivity contribution >= 4 is 28.8 Å². The lowest BCUT2D eigenvalue weighted by atomic mass is 10.0. The number of nitrogens with one attached hydrogen (secondary N) is 1. The number of nitrogens with zero attached hydrogens (tertiary/aromatic N) is 3. The number of oxazole rings is 1. The van der Waals surface area contributed by atoms with Crippen LogP contribution in [-0.2, 0) is 11.3 Å². The fourth-order valence-electron chi connectivity index (χ4n) is 3.87. The van der Waals surface area contributed by atoms with Gasteiger partial charge in [0.25, 0.3) is 6.01 Å². The molecule has 0 amide bonds. The summed E-state index contributed by atoms with van der Waals surface area (Å²) in [5, 5.41) is 14.3. The summed E-state index contributed by atoms with van der Waals surface area (Å²) in [5.41, 5.74) is 3.02. The third kappa shape index (κ3) is 4.32. The summed E-state index contributed by atoms with van der Waals surface area (Å²) in [7, 11) is 1.60. The fraction of sp³-hybridized carbons (Fsp3) is 0.429. The fourth-order valence-corrected chi connectivity index (χ4v) is 4.10. The second kappa shape index (κ2) is 8.57. The van der Waals surface area contributed by atoms with Crippen molar-refractivity contribution in [1.82, 2.24) is 14.9 Å². The van der Waals surface area contributed by atoms with Gasteiger partial charge >= 0.3 is 0 Å².